The third-order valence-electron chi connectivity index (χ3n) is 3.40. The zero-order chi connectivity index (χ0) is 12.3. The second kappa shape index (κ2) is 5.67. The van der Waals surface area contributed by atoms with Crippen LogP contribution in [0, 0.1) is 11.8 Å². The number of aromatic amines is 1. The van der Waals surface area contributed by atoms with E-state index in [0.717, 1.165) is 12.5 Å². The Bertz CT molecular complexity index is 432. The van der Waals surface area contributed by atoms with Crippen LogP contribution in [0.4, 0.5) is 5.82 Å². The molecular weight excluding hydrogens is 282 g/mol. The largest absolute Gasteiger partial charge is 0.369 e. The Hall–Kier alpha value is -0.840. The Morgan fingerprint density at radius 3 is 3.18 bits per heavy atom. The summed E-state index contributed by atoms with van der Waals surface area (Å²) in [5.74, 6) is 2.17. The van der Waals surface area contributed by atoms with E-state index in [0.29, 0.717) is 16.2 Å². The molecule has 0 amide bonds. The van der Waals surface area contributed by atoms with E-state index < -0.39 is 0 Å². The molecule has 1 aromatic heterocycles. The van der Waals surface area contributed by atoms with Gasteiger partial charge in [-0.1, -0.05) is 19.8 Å². The van der Waals surface area contributed by atoms with E-state index >= 15 is 0 Å². The lowest BCUT2D eigenvalue weighted by Gasteiger charge is -2.26. The van der Waals surface area contributed by atoms with Crippen molar-refractivity contribution in [3.05, 3.63) is 21.2 Å². The summed E-state index contributed by atoms with van der Waals surface area (Å²) in [5.41, 5.74) is -0.139. The maximum atomic E-state index is 11.4. The number of aromatic nitrogens is 2. The van der Waals surface area contributed by atoms with Gasteiger partial charge in [0.25, 0.3) is 5.56 Å². The van der Waals surface area contributed by atoms with Gasteiger partial charge in [0.05, 0.1) is 6.33 Å². The van der Waals surface area contributed by atoms with Gasteiger partial charge in [-0.25, -0.2) is 4.98 Å². The van der Waals surface area contributed by atoms with E-state index in [1.807, 2.05) is 0 Å². The number of rotatable bonds is 3. The van der Waals surface area contributed by atoms with Crippen molar-refractivity contribution in [1.29, 1.82) is 0 Å². The fourth-order valence-electron chi connectivity index (χ4n) is 2.49. The number of anilines is 1. The molecule has 2 atom stereocenters. The van der Waals surface area contributed by atoms with Crippen molar-refractivity contribution >= 4 is 21.7 Å². The minimum Gasteiger partial charge on any atom is -0.369 e. The Labute approximate surface area is 109 Å². The molecule has 0 aliphatic heterocycles. The highest BCUT2D eigenvalue weighted by Crippen LogP contribution is 2.28. The molecule has 0 aromatic carbocycles. The molecule has 2 unspecified atom stereocenters. The van der Waals surface area contributed by atoms with E-state index in [1.165, 1.54) is 32.0 Å². The van der Waals surface area contributed by atoms with Crippen molar-refractivity contribution in [2.45, 2.75) is 32.6 Å². The van der Waals surface area contributed by atoms with Gasteiger partial charge in [0, 0.05) is 6.54 Å². The molecule has 17 heavy (non-hydrogen) atoms. The van der Waals surface area contributed by atoms with Gasteiger partial charge in [-0.05, 0) is 40.6 Å². The topological polar surface area (TPSA) is 57.8 Å². The van der Waals surface area contributed by atoms with Crippen molar-refractivity contribution in [1.82, 2.24) is 9.97 Å². The highest BCUT2D eigenvalue weighted by atomic mass is 79.9. The monoisotopic (exact) mass is 299 g/mol. The molecule has 1 heterocycles. The molecule has 0 saturated heterocycles. The number of hydrogen-bond acceptors (Lipinski definition) is 3. The lowest BCUT2D eigenvalue weighted by molar-refractivity contribution is 0.293. The van der Waals surface area contributed by atoms with Crippen LogP contribution in [0.1, 0.15) is 32.6 Å². The first-order chi connectivity index (χ1) is 8.16. The number of halogens is 1. The van der Waals surface area contributed by atoms with E-state index in [2.05, 4.69) is 38.1 Å². The Morgan fingerprint density at radius 1 is 1.59 bits per heavy atom. The van der Waals surface area contributed by atoms with E-state index in [-0.39, 0.29) is 5.56 Å². The Balaban J connectivity index is 1.93. The van der Waals surface area contributed by atoms with Crippen molar-refractivity contribution in [3.63, 3.8) is 0 Å². The lowest BCUT2D eigenvalue weighted by atomic mass is 9.82. The van der Waals surface area contributed by atoms with Crippen molar-refractivity contribution in [2.24, 2.45) is 11.8 Å². The van der Waals surface area contributed by atoms with Gasteiger partial charge < -0.3 is 10.3 Å². The van der Waals surface area contributed by atoms with Gasteiger partial charge in [-0.2, -0.15) is 0 Å². The molecule has 1 aromatic rings. The first-order valence-corrected chi connectivity index (χ1v) is 6.93. The number of nitrogens with zero attached hydrogens (tertiary/aromatic N) is 1. The molecule has 1 aliphatic rings. The molecule has 2 rings (SSSR count). The average Bonchev–Trinajstić information content (AvgIpc) is 2.31. The van der Waals surface area contributed by atoms with Gasteiger partial charge in [0.15, 0.2) is 0 Å². The molecule has 1 fully saturated rings. The number of hydrogen-bond donors (Lipinski definition) is 2. The highest BCUT2D eigenvalue weighted by Gasteiger charge is 2.19. The van der Waals surface area contributed by atoms with Crippen LogP contribution in [-0.4, -0.2) is 16.5 Å². The van der Waals surface area contributed by atoms with Gasteiger partial charge >= 0.3 is 0 Å². The normalized spacial score (nSPS) is 24.6. The SMILES string of the molecule is CC1CCCC(CNc2nc[nH]c(=O)c2Br)C1. The van der Waals surface area contributed by atoms with Crippen LogP contribution in [0.15, 0.2) is 15.6 Å². The molecule has 0 radical (unpaired) electrons. The van der Waals surface area contributed by atoms with Crippen LogP contribution in [0.5, 0.6) is 0 Å². The fourth-order valence-corrected chi connectivity index (χ4v) is 2.85. The van der Waals surface area contributed by atoms with Crippen LogP contribution < -0.4 is 10.9 Å². The molecule has 0 bridgehead atoms. The van der Waals surface area contributed by atoms with E-state index in [4.69, 9.17) is 0 Å². The van der Waals surface area contributed by atoms with E-state index in [1.54, 1.807) is 0 Å². The van der Waals surface area contributed by atoms with Gasteiger partial charge in [-0.15, -0.1) is 0 Å². The number of nitrogens with one attached hydrogen (secondary N) is 2. The smallest absolute Gasteiger partial charge is 0.267 e. The molecule has 94 valence electrons. The first-order valence-electron chi connectivity index (χ1n) is 6.14. The van der Waals surface area contributed by atoms with Crippen LogP contribution >= 0.6 is 15.9 Å². The summed E-state index contributed by atoms with van der Waals surface area (Å²) < 4.78 is 0.490. The summed E-state index contributed by atoms with van der Waals surface area (Å²) in [4.78, 5) is 18.0. The van der Waals surface area contributed by atoms with Crippen molar-refractivity contribution < 1.29 is 0 Å². The zero-order valence-electron chi connectivity index (χ0n) is 10.0. The second-order valence-electron chi connectivity index (χ2n) is 4.91. The van der Waals surface area contributed by atoms with Crippen molar-refractivity contribution in [2.75, 3.05) is 11.9 Å². The summed E-state index contributed by atoms with van der Waals surface area (Å²) in [6, 6.07) is 0. The molecule has 1 aliphatic carbocycles. The third kappa shape index (κ3) is 3.31. The Kier molecular flexibility index (Phi) is 4.20. The molecule has 4 nitrogen and oxygen atoms in total. The maximum absolute atomic E-state index is 11.4. The minimum atomic E-state index is -0.139. The predicted molar refractivity (Wildman–Crippen MR) is 72.2 cm³/mol. The average molecular weight is 300 g/mol. The van der Waals surface area contributed by atoms with Crippen molar-refractivity contribution in [3.8, 4) is 0 Å². The minimum absolute atomic E-state index is 0.139. The molecular formula is C12H18BrN3O. The standard InChI is InChI=1S/C12H18BrN3O/c1-8-3-2-4-9(5-8)6-14-11-10(13)12(17)16-7-15-11/h7-9H,2-6H2,1H3,(H2,14,15,16,17). The quantitative estimate of drug-likeness (QED) is 0.902. The summed E-state index contributed by atoms with van der Waals surface area (Å²) >= 11 is 3.25. The summed E-state index contributed by atoms with van der Waals surface area (Å²) in [5, 5.41) is 3.27. The summed E-state index contributed by atoms with van der Waals surface area (Å²) in [6.45, 7) is 3.22. The molecule has 5 heteroatoms. The van der Waals surface area contributed by atoms with Gasteiger partial charge in [0.2, 0.25) is 0 Å². The highest BCUT2D eigenvalue weighted by molar-refractivity contribution is 9.10. The molecule has 2 N–H and O–H groups in total. The first kappa shape index (κ1) is 12.6. The molecule has 0 spiro atoms. The lowest BCUT2D eigenvalue weighted by Crippen LogP contribution is -2.22. The fraction of sp³-hybridized carbons (Fsp3) is 0.667. The van der Waals surface area contributed by atoms with Gasteiger partial charge in [-0.3, -0.25) is 4.79 Å². The summed E-state index contributed by atoms with van der Waals surface area (Å²) in [7, 11) is 0. The van der Waals surface area contributed by atoms with Crippen LogP contribution in [-0.2, 0) is 0 Å². The van der Waals surface area contributed by atoms with E-state index in [9.17, 15) is 4.79 Å². The maximum Gasteiger partial charge on any atom is 0.267 e. The van der Waals surface area contributed by atoms with Crippen LogP contribution in [0.25, 0.3) is 0 Å². The second-order valence-corrected chi connectivity index (χ2v) is 5.71. The van der Waals surface area contributed by atoms with Crippen LogP contribution in [0.3, 0.4) is 0 Å². The Morgan fingerprint density at radius 2 is 2.41 bits per heavy atom. The predicted octanol–water partition coefficient (Wildman–Crippen LogP) is 2.77. The van der Waals surface area contributed by atoms with Gasteiger partial charge in [0.1, 0.15) is 10.3 Å². The number of H-pyrrole nitrogens is 1. The van der Waals surface area contributed by atoms with Crippen LogP contribution in [0.2, 0.25) is 0 Å². The third-order valence-corrected chi connectivity index (χ3v) is 4.14. The zero-order valence-corrected chi connectivity index (χ0v) is 11.6. The molecule has 1 saturated carbocycles. The summed E-state index contributed by atoms with van der Waals surface area (Å²) in [6.07, 6.45) is 6.64.